The zero-order chi connectivity index (χ0) is 14.1. The Morgan fingerprint density at radius 1 is 1.56 bits per heavy atom. The van der Waals surface area contributed by atoms with Gasteiger partial charge < -0.3 is 15.7 Å². The lowest BCUT2D eigenvalue weighted by molar-refractivity contribution is -0.117. The maximum absolute atomic E-state index is 10.9. The summed E-state index contributed by atoms with van der Waals surface area (Å²) in [6.07, 6.45) is 0.319. The number of carbonyl (C=O) groups is 1. The summed E-state index contributed by atoms with van der Waals surface area (Å²) in [5.74, 6) is -1.24. The average molecular weight is 276 g/mol. The standard InChI is InChI=1S/C10H16N2O5S/c1-6-7(3-9(11)13)4-12(2)10(14)8(6)5-18(15,16)17/h4,10,14H,3,5H2,1-2H3,(H2,11,13)(H,15,16,17). The van der Waals surface area contributed by atoms with Crippen LogP contribution in [0.4, 0.5) is 0 Å². The van der Waals surface area contributed by atoms with Crippen molar-refractivity contribution in [3.8, 4) is 0 Å². The molecule has 1 atom stereocenters. The molecule has 1 rings (SSSR count). The van der Waals surface area contributed by atoms with Crippen LogP contribution in [0.1, 0.15) is 13.3 Å². The number of hydrogen-bond acceptors (Lipinski definition) is 5. The number of nitrogens with two attached hydrogens (primary N) is 1. The first-order valence-electron chi connectivity index (χ1n) is 5.16. The monoisotopic (exact) mass is 276 g/mol. The molecule has 1 unspecified atom stereocenters. The van der Waals surface area contributed by atoms with E-state index in [1.165, 1.54) is 18.1 Å². The molecule has 0 saturated heterocycles. The summed E-state index contributed by atoms with van der Waals surface area (Å²) >= 11 is 0. The van der Waals surface area contributed by atoms with Crippen LogP contribution >= 0.6 is 0 Å². The van der Waals surface area contributed by atoms with Crippen molar-refractivity contribution in [1.82, 2.24) is 4.90 Å². The van der Waals surface area contributed by atoms with Gasteiger partial charge >= 0.3 is 0 Å². The summed E-state index contributed by atoms with van der Waals surface area (Å²) in [5, 5.41) is 9.85. The lowest BCUT2D eigenvalue weighted by Gasteiger charge is -2.31. The molecule has 1 amide bonds. The van der Waals surface area contributed by atoms with Crippen molar-refractivity contribution in [2.24, 2.45) is 5.73 Å². The van der Waals surface area contributed by atoms with Gasteiger partial charge in [-0.05, 0) is 23.6 Å². The molecule has 1 heterocycles. The van der Waals surface area contributed by atoms with Crippen LogP contribution in [-0.2, 0) is 14.9 Å². The Morgan fingerprint density at radius 3 is 2.56 bits per heavy atom. The number of amides is 1. The number of carbonyl (C=O) groups excluding carboxylic acids is 1. The molecule has 0 bridgehead atoms. The summed E-state index contributed by atoms with van der Waals surface area (Å²) in [4.78, 5) is 12.3. The van der Waals surface area contributed by atoms with Crippen molar-refractivity contribution in [1.29, 1.82) is 0 Å². The Kier molecular flexibility index (Phi) is 4.15. The summed E-state index contributed by atoms with van der Waals surface area (Å²) < 4.78 is 30.7. The molecular weight excluding hydrogens is 260 g/mol. The van der Waals surface area contributed by atoms with E-state index in [2.05, 4.69) is 0 Å². The molecule has 8 heteroatoms. The zero-order valence-electron chi connectivity index (χ0n) is 10.1. The number of likely N-dealkylation sites (N-methyl/N-ethyl adjacent to an activating group) is 1. The van der Waals surface area contributed by atoms with Gasteiger partial charge in [0.1, 0.15) is 12.0 Å². The summed E-state index contributed by atoms with van der Waals surface area (Å²) in [5.41, 5.74) is 6.20. The van der Waals surface area contributed by atoms with E-state index >= 15 is 0 Å². The van der Waals surface area contributed by atoms with Gasteiger partial charge in [0.05, 0.1) is 6.42 Å². The summed E-state index contributed by atoms with van der Waals surface area (Å²) in [7, 11) is -2.72. The third kappa shape index (κ3) is 3.56. The minimum atomic E-state index is -4.25. The van der Waals surface area contributed by atoms with Crippen molar-refractivity contribution in [3.05, 3.63) is 22.9 Å². The highest BCUT2D eigenvalue weighted by Gasteiger charge is 2.27. The SMILES string of the molecule is CC1=C(CS(=O)(=O)O)C(O)N(C)C=C1CC(N)=O. The molecule has 0 aromatic carbocycles. The normalized spacial score (nSPS) is 21.0. The highest BCUT2D eigenvalue weighted by Crippen LogP contribution is 2.27. The Hall–Kier alpha value is -1.38. The van der Waals surface area contributed by atoms with Gasteiger partial charge in [-0.1, -0.05) is 0 Å². The molecular formula is C10H16N2O5S. The Labute approximate surface area is 105 Å². The van der Waals surface area contributed by atoms with Crippen molar-refractivity contribution >= 4 is 16.0 Å². The molecule has 1 aliphatic heterocycles. The molecule has 0 spiro atoms. The number of allylic oxidation sites excluding steroid dienone is 1. The predicted molar refractivity (Wildman–Crippen MR) is 64.8 cm³/mol. The topological polar surface area (TPSA) is 121 Å². The fraction of sp³-hybridized carbons (Fsp3) is 0.500. The number of aliphatic hydroxyl groups is 1. The van der Waals surface area contributed by atoms with Gasteiger partial charge in [0, 0.05) is 13.2 Å². The van der Waals surface area contributed by atoms with Crippen molar-refractivity contribution in [3.63, 3.8) is 0 Å². The molecule has 0 aromatic heterocycles. The van der Waals surface area contributed by atoms with Gasteiger partial charge in [0.25, 0.3) is 10.1 Å². The molecule has 4 N–H and O–H groups in total. The Morgan fingerprint density at radius 2 is 2.11 bits per heavy atom. The first kappa shape index (κ1) is 14.7. The van der Waals surface area contributed by atoms with E-state index in [0.29, 0.717) is 11.1 Å². The maximum atomic E-state index is 10.9. The molecule has 1 aliphatic rings. The molecule has 0 aliphatic carbocycles. The molecule has 7 nitrogen and oxygen atoms in total. The highest BCUT2D eigenvalue weighted by molar-refractivity contribution is 7.86. The fourth-order valence-electron chi connectivity index (χ4n) is 1.80. The summed E-state index contributed by atoms with van der Waals surface area (Å²) in [6.45, 7) is 1.57. The first-order chi connectivity index (χ1) is 8.11. The van der Waals surface area contributed by atoms with E-state index in [-0.39, 0.29) is 12.0 Å². The molecule has 0 aromatic rings. The van der Waals surface area contributed by atoms with Crippen LogP contribution in [0.15, 0.2) is 22.9 Å². The van der Waals surface area contributed by atoms with Crippen LogP contribution in [0.3, 0.4) is 0 Å². The second-order valence-electron chi connectivity index (χ2n) is 4.21. The van der Waals surface area contributed by atoms with Crippen LogP contribution in [0, 0.1) is 0 Å². The van der Waals surface area contributed by atoms with E-state index < -0.39 is 28.0 Å². The number of hydrogen-bond donors (Lipinski definition) is 3. The minimum Gasteiger partial charge on any atom is -0.370 e. The molecule has 0 fully saturated rings. The smallest absolute Gasteiger partial charge is 0.268 e. The van der Waals surface area contributed by atoms with E-state index in [1.54, 1.807) is 6.92 Å². The van der Waals surface area contributed by atoms with Gasteiger partial charge in [-0.15, -0.1) is 0 Å². The van der Waals surface area contributed by atoms with E-state index in [9.17, 15) is 18.3 Å². The van der Waals surface area contributed by atoms with Gasteiger partial charge in [0.15, 0.2) is 0 Å². The van der Waals surface area contributed by atoms with E-state index in [4.69, 9.17) is 10.3 Å². The van der Waals surface area contributed by atoms with Crippen LogP contribution in [-0.4, -0.2) is 47.9 Å². The number of primary amides is 1. The largest absolute Gasteiger partial charge is 0.370 e. The average Bonchev–Trinajstić information content (AvgIpc) is 2.19. The highest BCUT2D eigenvalue weighted by atomic mass is 32.2. The van der Waals surface area contributed by atoms with Gasteiger partial charge in [-0.2, -0.15) is 8.42 Å². The van der Waals surface area contributed by atoms with Gasteiger partial charge in [0.2, 0.25) is 5.91 Å². The Balaban J connectivity index is 3.17. The minimum absolute atomic E-state index is 0.0577. The van der Waals surface area contributed by atoms with Crippen LogP contribution in [0.2, 0.25) is 0 Å². The van der Waals surface area contributed by atoms with Crippen molar-refractivity contribution in [2.45, 2.75) is 19.6 Å². The third-order valence-electron chi connectivity index (χ3n) is 2.72. The van der Waals surface area contributed by atoms with Crippen LogP contribution < -0.4 is 5.73 Å². The van der Waals surface area contributed by atoms with E-state index in [1.807, 2.05) is 0 Å². The quantitative estimate of drug-likeness (QED) is 0.579. The molecule has 102 valence electrons. The third-order valence-corrected chi connectivity index (χ3v) is 3.40. The fourth-order valence-corrected chi connectivity index (χ4v) is 2.56. The van der Waals surface area contributed by atoms with Gasteiger partial charge in [-0.25, -0.2) is 0 Å². The Bertz CT molecular complexity index is 520. The maximum Gasteiger partial charge on any atom is 0.268 e. The number of rotatable bonds is 4. The second kappa shape index (κ2) is 5.09. The molecule has 18 heavy (non-hydrogen) atoms. The van der Waals surface area contributed by atoms with Crippen molar-refractivity contribution in [2.75, 3.05) is 12.8 Å². The summed E-state index contributed by atoms with van der Waals surface area (Å²) in [6, 6.07) is 0. The predicted octanol–water partition coefficient (Wildman–Crippen LogP) is -0.786. The van der Waals surface area contributed by atoms with E-state index in [0.717, 1.165) is 0 Å². The first-order valence-corrected chi connectivity index (χ1v) is 6.77. The van der Waals surface area contributed by atoms with Crippen LogP contribution in [0.5, 0.6) is 0 Å². The second-order valence-corrected chi connectivity index (χ2v) is 5.67. The lowest BCUT2D eigenvalue weighted by atomic mass is 9.96. The zero-order valence-corrected chi connectivity index (χ0v) is 10.9. The van der Waals surface area contributed by atoms with Crippen molar-refractivity contribution < 1.29 is 22.9 Å². The lowest BCUT2D eigenvalue weighted by Crippen LogP contribution is -2.36. The van der Waals surface area contributed by atoms with Gasteiger partial charge in [-0.3, -0.25) is 9.35 Å². The number of aliphatic hydroxyl groups excluding tert-OH is 1. The molecule has 0 saturated carbocycles. The number of nitrogens with zero attached hydrogens (tertiary/aromatic N) is 1. The molecule has 0 radical (unpaired) electrons. The van der Waals surface area contributed by atoms with Crippen LogP contribution in [0.25, 0.3) is 0 Å².